The van der Waals surface area contributed by atoms with E-state index in [1.54, 1.807) is 6.07 Å². The molecule has 0 aliphatic heterocycles. The Balaban J connectivity index is 2.10. The van der Waals surface area contributed by atoms with Gasteiger partial charge in [0, 0.05) is 6.54 Å². The Bertz CT molecular complexity index is 413. The topological polar surface area (TPSA) is 63.3 Å². The SMILES string of the molecule is NCC1(C(=O)O)CC(c2cccc(F)c2)C1. The van der Waals surface area contributed by atoms with Gasteiger partial charge in [0.25, 0.3) is 0 Å². The summed E-state index contributed by atoms with van der Waals surface area (Å²) >= 11 is 0. The molecular formula is C12H14FNO2. The van der Waals surface area contributed by atoms with E-state index in [0.717, 1.165) is 5.56 Å². The lowest BCUT2D eigenvalue weighted by Gasteiger charge is -2.43. The van der Waals surface area contributed by atoms with Crippen molar-refractivity contribution >= 4 is 5.97 Å². The molecule has 0 radical (unpaired) electrons. The first-order chi connectivity index (χ1) is 7.57. The molecule has 1 aromatic carbocycles. The molecule has 0 heterocycles. The summed E-state index contributed by atoms with van der Waals surface area (Å²) in [7, 11) is 0. The number of aliphatic carboxylic acids is 1. The summed E-state index contributed by atoms with van der Waals surface area (Å²) in [5.41, 5.74) is 5.56. The van der Waals surface area contributed by atoms with Crippen LogP contribution in [0.2, 0.25) is 0 Å². The molecule has 2 rings (SSSR count). The van der Waals surface area contributed by atoms with Crippen LogP contribution in [0.1, 0.15) is 24.3 Å². The number of rotatable bonds is 3. The molecule has 0 atom stereocenters. The molecule has 0 amide bonds. The van der Waals surface area contributed by atoms with Crippen LogP contribution in [0.15, 0.2) is 24.3 Å². The van der Waals surface area contributed by atoms with Crippen LogP contribution in [-0.2, 0) is 4.79 Å². The quantitative estimate of drug-likeness (QED) is 0.820. The van der Waals surface area contributed by atoms with Gasteiger partial charge in [-0.1, -0.05) is 12.1 Å². The summed E-state index contributed by atoms with van der Waals surface area (Å²) in [5, 5.41) is 9.05. The Hall–Kier alpha value is -1.42. The largest absolute Gasteiger partial charge is 0.481 e. The first-order valence-electron chi connectivity index (χ1n) is 5.26. The van der Waals surface area contributed by atoms with Crippen molar-refractivity contribution in [3.63, 3.8) is 0 Å². The molecular weight excluding hydrogens is 209 g/mol. The maximum absolute atomic E-state index is 13.0. The lowest BCUT2D eigenvalue weighted by molar-refractivity contribution is -0.154. The summed E-state index contributed by atoms with van der Waals surface area (Å²) in [6.07, 6.45) is 1.00. The molecule has 0 saturated heterocycles. The number of benzene rings is 1. The van der Waals surface area contributed by atoms with Gasteiger partial charge in [-0.3, -0.25) is 4.79 Å². The minimum atomic E-state index is -0.845. The molecule has 86 valence electrons. The van der Waals surface area contributed by atoms with E-state index in [9.17, 15) is 9.18 Å². The Kier molecular flexibility index (Phi) is 2.68. The van der Waals surface area contributed by atoms with Crippen LogP contribution in [0, 0.1) is 11.2 Å². The Morgan fingerprint density at radius 1 is 1.56 bits per heavy atom. The average molecular weight is 223 g/mol. The smallest absolute Gasteiger partial charge is 0.310 e. The van der Waals surface area contributed by atoms with Crippen molar-refractivity contribution in [1.82, 2.24) is 0 Å². The van der Waals surface area contributed by atoms with Gasteiger partial charge in [0.2, 0.25) is 0 Å². The monoisotopic (exact) mass is 223 g/mol. The molecule has 0 bridgehead atoms. The van der Waals surface area contributed by atoms with Gasteiger partial charge in [-0.05, 0) is 36.5 Å². The highest BCUT2D eigenvalue weighted by atomic mass is 19.1. The molecule has 16 heavy (non-hydrogen) atoms. The molecule has 1 saturated carbocycles. The van der Waals surface area contributed by atoms with Crippen LogP contribution in [0.3, 0.4) is 0 Å². The number of halogens is 1. The molecule has 0 aromatic heterocycles. The maximum atomic E-state index is 13.0. The van der Waals surface area contributed by atoms with Gasteiger partial charge in [0.05, 0.1) is 5.41 Å². The van der Waals surface area contributed by atoms with Crippen molar-refractivity contribution in [2.45, 2.75) is 18.8 Å². The fraction of sp³-hybridized carbons (Fsp3) is 0.417. The molecule has 0 unspecified atom stereocenters. The Labute approximate surface area is 93.1 Å². The lowest BCUT2D eigenvalue weighted by atomic mass is 9.60. The van der Waals surface area contributed by atoms with Crippen molar-refractivity contribution in [1.29, 1.82) is 0 Å². The fourth-order valence-electron chi connectivity index (χ4n) is 2.31. The third-order valence-electron chi connectivity index (χ3n) is 3.44. The minimum absolute atomic E-state index is 0.121. The summed E-state index contributed by atoms with van der Waals surface area (Å²) in [6.45, 7) is 0.147. The van der Waals surface area contributed by atoms with Gasteiger partial charge in [-0.25, -0.2) is 4.39 Å². The van der Waals surface area contributed by atoms with Gasteiger partial charge in [0.15, 0.2) is 0 Å². The van der Waals surface area contributed by atoms with E-state index in [2.05, 4.69) is 0 Å². The molecule has 0 spiro atoms. The lowest BCUT2D eigenvalue weighted by Crippen LogP contribution is -2.48. The normalized spacial score (nSPS) is 28.5. The highest BCUT2D eigenvalue weighted by molar-refractivity contribution is 5.76. The zero-order chi connectivity index (χ0) is 11.8. The third kappa shape index (κ3) is 1.69. The van der Waals surface area contributed by atoms with Crippen molar-refractivity contribution in [2.75, 3.05) is 6.54 Å². The molecule has 1 fully saturated rings. The van der Waals surface area contributed by atoms with E-state index in [-0.39, 0.29) is 18.3 Å². The third-order valence-corrected chi connectivity index (χ3v) is 3.44. The van der Waals surface area contributed by atoms with Crippen LogP contribution in [0.4, 0.5) is 4.39 Å². The Morgan fingerprint density at radius 2 is 2.25 bits per heavy atom. The van der Waals surface area contributed by atoms with Gasteiger partial charge in [-0.2, -0.15) is 0 Å². The van der Waals surface area contributed by atoms with Crippen LogP contribution in [0.5, 0.6) is 0 Å². The van der Waals surface area contributed by atoms with E-state index < -0.39 is 11.4 Å². The average Bonchev–Trinajstić information content (AvgIpc) is 2.16. The van der Waals surface area contributed by atoms with Crippen molar-refractivity contribution < 1.29 is 14.3 Å². The summed E-state index contributed by atoms with van der Waals surface area (Å²) < 4.78 is 13.0. The first-order valence-corrected chi connectivity index (χ1v) is 5.26. The zero-order valence-corrected chi connectivity index (χ0v) is 8.82. The number of carbonyl (C=O) groups is 1. The molecule has 1 aromatic rings. The number of hydrogen-bond acceptors (Lipinski definition) is 2. The van der Waals surface area contributed by atoms with E-state index in [0.29, 0.717) is 12.8 Å². The maximum Gasteiger partial charge on any atom is 0.310 e. The van der Waals surface area contributed by atoms with Gasteiger partial charge in [0.1, 0.15) is 5.82 Å². The first kappa shape index (κ1) is 11.1. The second-order valence-corrected chi connectivity index (χ2v) is 4.45. The minimum Gasteiger partial charge on any atom is -0.481 e. The van der Waals surface area contributed by atoms with Gasteiger partial charge >= 0.3 is 5.97 Å². The number of hydrogen-bond donors (Lipinski definition) is 2. The van der Waals surface area contributed by atoms with Crippen molar-refractivity contribution in [3.05, 3.63) is 35.6 Å². The predicted molar refractivity (Wildman–Crippen MR) is 57.5 cm³/mol. The predicted octanol–water partition coefficient (Wildman–Crippen LogP) is 1.73. The standard InChI is InChI=1S/C12H14FNO2/c13-10-3-1-2-8(4-10)9-5-12(6-9,7-14)11(15)16/h1-4,9H,5-7,14H2,(H,15,16). The van der Waals surface area contributed by atoms with Crippen LogP contribution in [0.25, 0.3) is 0 Å². The van der Waals surface area contributed by atoms with Crippen LogP contribution in [-0.4, -0.2) is 17.6 Å². The second-order valence-electron chi connectivity index (χ2n) is 4.45. The van der Waals surface area contributed by atoms with E-state index in [1.807, 2.05) is 6.07 Å². The number of nitrogens with two attached hydrogens (primary N) is 1. The molecule has 3 N–H and O–H groups in total. The zero-order valence-electron chi connectivity index (χ0n) is 8.82. The molecule has 1 aliphatic rings. The summed E-state index contributed by atoms with van der Waals surface area (Å²) in [4.78, 5) is 11.0. The fourth-order valence-corrected chi connectivity index (χ4v) is 2.31. The van der Waals surface area contributed by atoms with E-state index in [4.69, 9.17) is 10.8 Å². The Morgan fingerprint density at radius 3 is 2.75 bits per heavy atom. The van der Waals surface area contributed by atoms with Crippen LogP contribution < -0.4 is 5.73 Å². The second kappa shape index (κ2) is 3.87. The van der Waals surface area contributed by atoms with Crippen LogP contribution >= 0.6 is 0 Å². The van der Waals surface area contributed by atoms with Gasteiger partial charge in [-0.15, -0.1) is 0 Å². The van der Waals surface area contributed by atoms with Gasteiger partial charge < -0.3 is 10.8 Å². The molecule has 4 heteroatoms. The summed E-state index contributed by atoms with van der Waals surface area (Å²) in [6, 6.07) is 6.33. The van der Waals surface area contributed by atoms with E-state index >= 15 is 0 Å². The summed E-state index contributed by atoms with van der Waals surface area (Å²) in [5.74, 6) is -1.00. The number of carboxylic acids is 1. The van der Waals surface area contributed by atoms with E-state index in [1.165, 1.54) is 12.1 Å². The highest BCUT2D eigenvalue weighted by Crippen LogP contribution is 2.50. The molecule has 3 nitrogen and oxygen atoms in total. The van der Waals surface area contributed by atoms with Crippen molar-refractivity contribution in [2.24, 2.45) is 11.1 Å². The highest BCUT2D eigenvalue weighted by Gasteiger charge is 2.49. The number of carboxylic acid groups (broad SMARTS) is 1. The molecule has 1 aliphatic carbocycles. The van der Waals surface area contributed by atoms with Crippen molar-refractivity contribution in [3.8, 4) is 0 Å².